The van der Waals surface area contributed by atoms with Gasteiger partial charge in [0.2, 0.25) is 0 Å². The number of Topliss-reactive ketones (excluding diaryl/α,β-unsaturated/α-hetero) is 1. The van der Waals surface area contributed by atoms with E-state index >= 15 is 0 Å². The molecule has 0 saturated heterocycles. The van der Waals surface area contributed by atoms with Gasteiger partial charge >= 0.3 is 5.97 Å². The smallest absolute Gasteiger partial charge is 0.303 e. The zero-order valence-corrected chi connectivity index (χ0v) is 13.6. The highest BCUT2D eigenvalue weighted by Gasteiger charge is 2.07. The van der Waals surface area contributed by atoms with Gasteiger partial charge in [-0.25, -0.2) is 0 Å². The summed E-state index contributed by atoms with van der Waals surface area (Å²) in [6.45, 7) is 3.98. The maximum atomic E-state index is 11.7. The van der Waals surface area contributed by atoms with E-state index < -0.39 is 5.97 Å². The number of benzene rings is 1. The van der Waals surface area contributed by atoms with E-state index in [0.717, 1.165) is 12.2 Å². The van der Waals surface area contributed by atoms with E-state index in [2.05, 4.69) is 11.7 Å². The first kappa shape index (κ1) is 18.2. The number of carbonyl (C=O) groups is 2. The van der Waals surface area contributed by atoms with Crippen molar-refractivity contribution in [1.82, 2.24) is 0 Å². The number of hydrogen-bond acceptors (Lipinski definition) is 4. The van der Waals surface area contributed by atoms with Gasteiger partial charge in [-0.05, 0) is 30.7 Å². The molecule has 0 atom stereocenters. The lowest BCUT2D eigenvalue weighted by molar-refractivity contribution is -0.139. The van der Waals surface area contributed by atoms with Crippen LogP contribution in [0.25, 0.3) is 0 Å². The monoisotopic (exact) mass is 306 g/mol. The highest BCUT2D eigenvalue weighted by Crippen LogP contribution is 2.14. The Bertz CT molecular complexity index is 451. The molecule has 0 bridgehead atoms. The minimum atomic E-state index is -0.452. The Morgan fingerprint density at radius 3 is 2.23 bits per heavy atom. The van der Waals surface area contributed by atoms with Crippen LogP contribution in [0.2, 0.25) is 0 Å². The van der Waals surface area contributed by atoms with Gasteiger partial charge < -0.3 is 9.47 Å². The molecule has 4 nitrogen and oxygen atoms in total. The number of hydrogen-bond donors (Lipinski definition) is 0. The lowest BCUT2D eigenvalue weighted by Gasteiger charge is -2.07. The maximum absolute atomic E-state index is 11.7. The summed E-state index contributed by atoms with van der Waals surface area (Å²) >= 11 is 0. The second kappa shape index (κ2) is 10.8. The molecule has 0 saturated carbocycles. The second-order valence-electron chi connectivity index (χ2n) is 5.34. The van der Waals surface area contributed by atoms with Crippen LogP contribution < -0.4 is 4.74 Å². The van der Waals surface area contributed by atoms with Gasteiger partial charge in [0.25, 0.3) is 0 Å². The summed E-state index contributed by atoms with van der Waals surface area (Å²) in [5.41, 5.74) is 0.521. The number of ketones is 1. The van der Waals surface area contributed by atoms with Crippen molar-refractivity contribution in [1.29, 1.82) is 0 Å². The van der Waals surface area contributed by atoms with Gasteiger partial charge in [0.15, 0.2) is 12.4 Å². The number of rotatable bonds is 11. The molecule has 1 rings (SSSR count). The predicted molar refractivity (Wildman–Crippen MR) is 86.3 cm³/mol. The average Bonchev–Trinajstić information content (AvgIpc) is 2.52. The van der Waals surface area contributed by atoms with Crippen LogP contribution in [-0.4, -0.2) is 25.0 Å². The summed E-state index contributed by atoms with van der Waals surface area (Å²) in [5.74, 6) is 0.0995. The number of ether oxygens (including phenoxy) is 2. The average molecular weight is 306 g/mol. The summed E-state index contributed by atoms with van der Waals surface area (Å²) in [6.07, 6.45) is 7.38. The molecule has 0 unspecified atom stereocenters. The van der Waals surface area contributed by atoms with Crippen LogP contribution in [-0.2, 0) is 9.53 Å². The van der Waals surface area contributed by atoms with Crippen LogP contribution in [0.5, 0.6) is 5.75 Å². The van der Waals surface area contributed by atoms with E-state index in [4.69, 9.17) is 4.74 Å². The SMILES string of the molecule is CCCCCCCCOc1ccc(C(=O)COC(C)=O)cc1. The largest absolute Gasteiger partial charge is 0.494 e. The van der Waals surface area contributed by atoms with Crippen LogP contribution in [0.15, 0.2) is 24.3 Å². The number of carbonyl (C=O) groups excluding carboxylic acids is 2. The molecule has 0 N–H and O–H groups in total. The Labute approximate surface area is 132 Å². The van der Waals surface area contributed by atoms with Crippen molar-refractivity contribution in [2.45, 2.75) is 52.4 Å². The highest BCUT2D eigenvalue weighted by molar-refractivity contribution is 5.97. The first-order valence-electron chi connectivity index (χ1n) is 8.03. The lowest BCUT2D eigenvalue weighted by atomic mass is 10.1. The van der Waals surface area contributed by atoms with Crippen LogP contribution in [0.1, 0.15) is 62.7 Å². The molecule has 0 aromatic heterocycles. The fourth-order valence-electron chi connectivity index (χ4n) is 2.06. The van der Waals surface area contributed by atoms with Crippen molar-refractivity contribution in [2.75, 3.05) is 13.2 Å². The van der Waals surface area contributed by atoms with Crippen LogP contribution in [0, 0.1) is 0 Å². The fourth-order valence-corrected chi connectivity index (χ4v) is 2.06. The third kappa shape index (κ3) is 7.81. The maximum Gasteiger partial charge on any atom is 0.303 e. The molecule has 122 valence electrons. The normalized spacial score (nSPS) is 10.3. The molecule has 4 heteroatoms. The predicted octanol–water partition coefficient (Wildman–Crippen LogP) is 4.17. The molecule has 1 aromatic carbocycles. The van der Waals surface area contributed by atoms with Gasteiger partial charge in [-0.3, -0.25) is 9.59 Å². The molecule has 0 heterocycles. The fraction of sp³-hybridized carbons (Fsp3) is 0.556. The molecule has 22 heavy (non-hydrogen) atoms. The summed E-state index contributed by atoms with van der Waals surface area (Å²) < 4.78 is 10.3. The minimum Gasteiger partial charge on any atom is -0.494 e. The van der Waals surface area contributed by atoms with Crippen LogP contribution in [0.4, 0.5) is 0 Å². The Morgan fingerprint density at radius 2 is 1.59 bits per heavy atom. The van der Waals surface area contributed by atoms with Crippen molar-refractivity contribution >= 4 is 11.8 Å². The quantitative estimate of drug-likeness (QED) is 0.350. The number of esters is 1. The summed E-state index contributed by atoms with van der Waals surface area (Å²) in [4.78, 5) is 22.4. The zero-order valence-electron chi connectivity index (χ0n) is 13.6. The topological polar surface area (TPSA) is 52.6 Å². The molecule has 0 aliphatic heterocycles. The Hall–Kier alpha value is -1.84. The van der Waals surface area contributed by atoms with Crippen molar-refractivity contribution in [3.05, 3.63) is 29.8 Å². The third-order valence-corrected chi connectivity index (χ3v) is 3.35. The van der Waals surface area contributed by atoms with E-state index in [-0.39, 0.29) is 12.4 Å². The standard InChI is InChI=1S/C18H26O4/c1-3-4-5-6-7-8-13-21-17-11-9-16(10-12-17)18(20)14-22-15(2)19/h9-12H,3-8,13-14H2,1-2H3. The van der Waals surface area contributed by atoms with Gasteiger partial charge in [-0.2, -0.15) is 0 Å². The summed E-state index contributed by atoms with van der Waals surface area (Å²) in [7, 11) is 0. The second-order valence-corrected chi connectivity index (χ2v) is 5.34. The molecule has 1 aromatic rings. The van der Waals surface area contributed by atoms with E-state index in [9.17, 15) is 9.59 Å². The molecule has 0 fully saturated rings. The first-order chi connectivity index (χ1) is 10.6. The van der Waals surface area contributed by atoms with Crippen LogP contribution >= 0.6 is 0 Å². The lowest BCUT2D eigenvalue weighted by Crippen LogP contribution is -2.11. The van der Waals surface area contributed by atoms with Crippen molar-refractivity contribution in [2.24, 2.45) is 0 Å². The van der Waals surface area contributed by atoms with Crippen LogP contribution in [0.3, 0.4) is 0 Å². The van der Waals surface area contributed by atoms with Crippen molar-refractivity contribution in [3.8, 4) is 5.75 Å². The van der Waals surface area contributed by atoms with Gasteiger partial charge in [-0.1, -0.05) is 39.0 Å². The van der Waals surface area contributed by atoms with Gasteiger partial charge in [0.1, 0.15) is 5.75 Å². The molecule has 0 aliphatic carbocycles. The Morgan fingerprint density at radius 1 is 0.955 bits per heavy atom. The Kier molecular flexibility index (Phi) is 8.96. The molecular weight excluding hydrogens is 280 g/mol. The molecule has 0 amide bonds. The summed E-state index contributed by atoms with van der Waals surface area (Å²) in [6, 6.07) is 6.95. The zero-order chi connectivity index (χ0) is 16.2. The minimum absolute atomic E-state index is 0.210. The van der Waals surface area contributed by atoms with E-state index in [1.165, 1.54) is 39.0 Å². The Balaban J connectivity index is 2.24. The molecule has 0 spiro atoms. The van der Waals surface area contributed by atoms with Crippen molar-refractivity contribution < 1.29 is 19.1 Å². The third-order valence-electron chi connectivity index (χ3n) is 3.35. The van der Waals surface area contributed by atoms with E-state index in [1.807, 2.05) is 0 Å². The molecule has 0 aliphatic rings. The van der Waals surface area contributed by atoms with E-state index in [1.54, 1.807) is 24.3 Å². The first-order valence-corrected chi connectivity index (χ1v) is 8.03. The van der Waals surface area contributed by atoms with E-state index in [0.29, 0.717) is 12.2 Å². The van der Waals surface area contributed by atoms with Crippen molar-refractivity contribution in [3.63, 3.8) is 0 Å². The highest BCUT2D eigenvalue weighted by atomic mass is 16.5. The van der Waals surface area contributed by atoms with Gasteiger partial charge in [-0.15, -0.1) is 0 Å². The molecule has 0 radical (unpaired) electrons. The number of unbranched alkanes of at least 4 members (excludes halogenated alkanes) is 5. The summed E-state index contributed by atoms with van der Waals surface area (Å²) in [5, 5.41) is 0. The van der Waals surface area contributed by atoms with Gasteiger partial charge in [0.05, 0.1) is 6.61 Å². The molecular formula is C18H26O4. The van der Waals surface area contributed by atoms with Gasteiger partial charge in [0, 0.05) is 12.5 Å².